The van der Waals surface area contributed by atoms with Crippen LogP contribution in [-0.4, -0.2) is 34.8 Å². The zero-order valence-electron chi connectivity index (χ0n) is 13.5. The van der Waals surface area contributed by atoms with Crippen molar-refractivity contribution in [2.75, 3.05) is 18.4 Å². The van der Waals surface area contributed by atoms with Gasteiger partial charge in [0.25, 0.3) is 5.91 Å². The third-order valence-electron chi connectivity index (χ3n) is 4.45. The van der Waals surface area contributed by atoms with E-state index in [4.69, 9.17) is 4.42 Å². The lowest BCUT2D eigenvalue weighted by Gasteiger charge is -2.30. The van der Waals surface area contributed by atoms with Crippen LogP contribution in [0, 0.1) is 5.92 Å². The fourth-order valence-corrected chi connectivity index (χ4v) is 3.61. The van der Waals surface area contributed by atoms with Gasteiger partial charge in [0.15, 0.2) is 10.9 Å². The summed E-state index contributed by atoms with van der Waals surface area (Å²) < 4.78 is 5.65. The van der Waals surface area contributed by atoms with Crippen LogP contribution in [0.1, 0.15) is 23.4 Å². The van der Waals surface area contributed by atoms with Crippen LogP contribution >= 0.6 is 11.3 Å². The second-order valence-corrected chi connectivity index (χ2v) is 6.94. The zero-order chi connectivity index (χ0) is 17.2. The van der Waals surface area contributed by atoms with E-state index in [1.54, 1.807) is 17.2 Å². The maximum Gasteiger partial charge on any atom is 0.289 e. The van der Waals surface area contributed by atoms with E-state index in [2.05, 4.69) is 10.3 Å². The fraction of sp³-hybridized carbons (Fsp3) is 0.278. The fourth-order valence-electron chi connectivity index (χ4n) is 3.08. The van der Waals surface area contributed by atoms with Gasteiger partial charge < -0.3 is 14.6 Å². The van der Waals surface area contributed by atoms with Crippen LogP contribution in [0.3, 0.4) is 0 Å². The number of para-hydroxylation sites is 1. The van der Waals surface area contributed by atoms with Crippen LogP contribution in [-0.2, 0) is 4.79 Å². The van der Waals surface area contributed by atoms with Crippen molar-refractivity contribution in [2.24, 2.45) is 5.92 Å². The standard InChI is InChI=1S/C18H17N3O3S/c22-16(20-18-19-7-10-25-18)12-5-8-21(9-6-12)17(23)15-11-13-3-1-2-4-14(13)24-15/h1-4,7,10-12H,5-6,8-9H2,(H,19,20,22). The van der Waals surface area contributed by atoms with Crippen molar-refractivity contribution in [2.45, 2.75) is 12.8 Å². The molecule has 3 heterocycles. The van der Waals surface area contributed by atoms with E-state index < -0.39 is 0 Å². The Bertz CT molecular complexity index is 862. The molecular weight excluding hydrogens is 338 g/mol. The van der Waals surface area contributed by atoms with E-state index in [0.29, 0.717) is 42.4 Å². The number of piperidine rings is 1. The second-order valence-electron chi connectivity index (χ2n) is 6.04. The molecular formula is C18H17N3O3S. The van der Waals surface area contributed by atoms with Gasteiger partial charge in [-0.2, -0.15) is 0 Å². The lowest BCUT2D eigenvalue weighted by Crippen LogP contribution is -2.41. The summed E-state index contributed by atoms with van der Waals surface area (Å²) in [6.07, 6.45) is 2.95. The molecule has 1 N–H and O–H groups in total. The molecule has 1 saturated heterocycles. The number of carbonyl (C=O) groups is 2. The number of likely N-dealkylation sites (tertiary alicyclic amines) is 1. The molecule has 4 rings (SSSR count). The van der Waals surface area contributed by atoms with Gasteiger partial charge in [0.2, 0.25) is 5.91 Å². The average molecular weight is 355 g/mol. The van der Waals surface area contributed by atoms with Gasteiger partial charge in [-0.05, 0) is 25.0 Å². The Morgan fingerprint density at radius 2 is 2.04 bits per heavy atom. The van der Waals surface area contributed by atoms with E-state index in [1.807, 2.05) is 29.6 Å². The number of aromatic nitrogens is 1. The van der Waals surface area contributed by atoms with Crippen LogP contribution in [0.5, 0.6) is 0 Å². The third-order valence-corrected chi connectivity index (χ3v) is 5.14. The maximum atomic E-state index is 12.6. The molecule has 1 fully saturated rings. The molecule has 2 amide bonds. The first-order valence-corrected chi connectivity index (χ1v) is 9.07. The van der Waals surface area contributed by atoms with Gasteiger partial charge in [-0.3, -0.25) is 9.59 Å². The summed E-state index contributed by atoms with van der Waals surface area (Å²) in [5.41, 5.74) is 0.712. The van der Waals surface area contributed by atoms with Crippen molar-refractivity contribution in [3.8, 4) is 0 Å². The second kappa shape index (κ2) is 6.68. The van der Waals surface area contributed by atoms with Gasteiger partial charge in [0, 0.05) is 36.0 Å². The minimum absolute atomic E-state index is 0.0224. The highest BCUT2D eigenvalue weighted by Gasteiger charge is 2.29. The molecule has 2 aromatic heterocycles. The van der Waals surface area contributed by atoms with Crippen molar-refractivity contribution in [3.05, 3.63) is 47.7 Å². The molecule has 1 aromatic carbocycles. The summed E-state index contributed by atoms with van der Waals surface area (Å²) >= 11 is 1.40. The Hall–Kier alpha value is -2.67. The number of rotatable bonds is 3. The quantitative estimate of drug-likeness (QED) is 0.781. The number of furan rings is 1. The molecule has 0 aliphatic carbocycles. The van der Waals surface area contributed by atoms with Gasteiger partial charge in [-0.25, -0.2) is 4.98 Å². The normalized spacial score (nSPS) is 15.4. The number of amides is 2. The largest absolute Gasteiger partial charge is 0.451 e. The lowest BCUT2D eigenvalue weighted by atomic mass is 9.96. The third kappa shape index (κ3) is 3.28. The molecule has 3 aromatic rings. The Morgan fingerprint density at radius 3 is 2.76 bits per heavy atom. The number of fused-ring (bicyclic) bond motifs is 1. The van der Waals surface area contributed by atoms with Crippen molar-refractivity contribution < 1.29 is 14.0 Å². The highest BCUT2D eigenvalue weighted by atomic mass is 32.1. The number of carbonyl (C=O) groups excluding carboxylic acids is 2. The highest BCUT2D eigenvalue weighted by Crippen LogP contribution is 2.24. The van der Waals surface area contributed by atoms with Gasteiger partial charge in [0.1, 0.15) is 5.58 Å². The summed E-state index contributed by atoms with van der Waals surface area (Å²) in [6.45, 7) is 1.09. The number of hydrogen-bond donors (Lipinski definition) is 1. The van der Waals surface area contributed by atoms with E-state index in [-0.39, 0.29) is 17.7 Å². The first-order valence-electron chi connectivity index (χ1n) is 8.19. The predicted octanol–water partition coefficient (Wildman–Crippen LogP) is 3.38. The summed E-state index contributed by atoms with van der Waals surface area (Å²) in [6, 6.07) is 9.34. The molecule has 1 aliphatic rings. The Balaban J connectivity index is 1.37. The predicted molar refractivity (Wildman–Crippen MR) is 95.6 cm³/mol. The van der Waals surface area contributed by atoms with Crippen molar-refractivity contribution in [1.82, 2.24) is 9.88 Å². The average Bonchev–Trinajstić information content (AvgIpc) is 3.30. The molecule has 128 valence electrons. The molecule has 0 bridgehead atoms. The zero-order valence-corrected chi connectivity index (χ0v) is 14.3. The van der Waals surface area contributed by atoms with Gasteiger partial charge >= 0.3 is 0 Å². The molecule has 7 heteroatoms. The maximum absolute atomic E-state index is 12.6. The van der Waals surface area contributed by atoms with Crippen LogP contribution in [0.25, 0.3) is 11.0 Å². The van der Waals surface area contributed by atoms with Crippen LogP contribution < -0.4 is 5.32 Å². The molecule has 1 aliphatic heterocycles. The van der Waals surface area contributed by atoms with Gasteiger partial charge in [-0.1, -0.05) is 18.2 Å². The number of hydrogen-bond acceptors (Lipinski definition) is 5. The summed E-state index contributed by atoms with van der Waals surface area (Å²) in [4.78, 5) is 30.7. The summed E-state index contributed by atoms with van der Waals surface area (Å²) in [7, 11) is 0. The van der Waals surface area contributed by atoms with E-state index in [1.165, 1.54) is 11.3 Å². The van der Waals surface area contributed by atoms with Crippen LogP contribution in [0.4, 0.5) is 5.13 Å². The number of benzene rings is 1. The topological polar surface area (TPSA) is 75.4 Å². The number of nitrogens with one attached hydrogen (secondary N) is 1. The Labute approximate surface area is 148 Å². The Kier molecular flexibility index (Phi) is 4.23. The van der Waals surface area contributed by atoms with Crippen LogP contribution in [0.2, 0.25) is 0 Å². The minimum Gasteiger partial charge on any atom is -0.451 e. The SMILES string of the molecule is O=C(Nc1nccs1)C1CCN(C(=O)c2cc3ccccc3o2)CC1. The molecule has 0 atom stereocenters. The smallest absolute Gasteiger partial charge is 0.289 e. The number of nitrogens with zero attached hydrogens (tertiary/aromatic N) is 2. The van der Waals surface area contributed by atoms with Gasteiger partial charge in [0.05, 0.1) is 0 Å². The summed E-state index contributed by atoms with van der Waals surface area (Å²) in [5.74, 6) is 0.122. The van der Waals surface area contributed by atoms with Gasteiger partial charge in [-0.15, -0.1) is 11.3 Å². The monoisotopic (exact) mass is 355 g/mol. The van der Waals surface area contributed by atoms with Crippen molar-refractivity contribution in [3.63, 3.8) is 0 Å². The minimum atomic E-state index is -0.116. The molecule has 0 unspecified atom stereocenters. The first kappa shape index (κ1) is 15.8. The Morgan fingerprint density at radius 1 is 1.24 bits per heavy atom. The number of thiazole rings is 1. The lowest BCUT2D eigenvalue weighted by molar-refractivity contribution is -0.121. The van der Waals surface area contributed by atoms with E-state index in [0.717, 1.165) is 5.39 Å². The number of anilines is 1. The first-order chi connectivity index (χ1) is 12.2. The van der Waals surface area contributed by atoms with E-state index in [9.17, 15) is 9.59 Å². The molecule has 0 radical (unpaired) electrons. The van der Waals surface area contributed by atoms with E-state index >= 15 is 0 Å². The van der Waals surface area contributed by atoms with Crippen molar-refractivity contribution >= 4 is 39.3 Å². The summed E-state index contributed by atoms with van der Waals surface area (Å²) in [5, 5.41) is 6.19. The highest BCUT2D eigenvalue weighted by molar-refractivity contribution is 7.13. The molecule has 0 saturated carbocycles. The molecule has 25 heavy (non-hydrogen) atoms. The molecule has 0 spiro atoms. The molecule has 6 nitrogen and oxygen atoms in total. The van der Waals surface area contributed by atoms with Crippen molar-refractivity contribution in [1.29, 1.82) is 0 Å². The van der Waals surface area contributed by atoms with Crippen LogP contribution in [0.15, 0.2) is 46.3 Å².